The Hall–Kier alpha value is 0.0500. The standard InChI is InChI=1S/C16H13N3O9S3.3Na/c17-13-4-5-14(11-3-1-9(7-12(11)13)29(20,21)22)18-19-15-8-10(30(23,24)25)2-6-16(15)31(26,27)28;;;/h1-8H,17H2,(H,20,21,22)(H,23,24,25)(H,26,27,28);;;/q;3*+1/p-3. The maximum Gasteiger partial charge on any atom is 1.00 e. The van der Waals surface area contributed by atoms with Crippen LogP contribution in [-0.4, -0.2) is 38.9 Å². The predicted octanol–water partition coefficient (Wildman–Crippen LogP) is -7.44. The van der Waals surface area contributed by atoms with Gasteiger partial charge in [-0.05, 0) is 42.5 Å². The van der Waals surface area contributed by atoms with Crippen molar-refractivity contribution in [3.05, 3.63) is 48.5 Å². The Labute approximate surface area is 261 Å². The molecule has 3 aromatic rings. The van der Waals surface area contributed by atoms with Crippen LogP contribution in [0.5, 0.6) is 0 Å². The summed E-state index contributed by atoms with van der Waals surface area (Å²) in [5, 5.41) is 7.71. The third-order valence-corrected chi connectivity index (χ3v) is 6.59. The number of nitrogen functional groups attached to an aromatic ring is 1. The van der Waals surface area contributed by atoms with E-state index in [1.807, 2.05) is 0 Å². The predicted molar refractivity (Wildman–Crippen MR) is 103 cm³/mol. The molecule has 0 bridgehead atoms. The SMILES string of the molecule is Nc1ccc(N=Nc2cc(S(=O)(=O)[O-])ccc2S(=O)(=O)[O-])c2ccc(S(=O)(=O)[O-])cc12.[Na+].[Na+].[Na+]. The number of fused-ring (bicyclic) bond motifs is 1. The first-order chi connectivity index (χ1) is 14.2. The number of rotatable bonds is 5. The third-order valence-electron chi connectivity index (χ3n) is 4.04. The van der Waals surface area contributed by atoms with Gasteiger partial charge in [0, 0.05) is 16.5 Å². The number of nitrogens with zero attached hydrogens (tertiary/aromatic N) is 2. The second kappa shape index (κ2) is 12.5. The average Bonchev–Trinajstić information content (AvgIpc) is 2.65. The molecule has 34 heavy (non-hydrogen) atoms. The summed E-state index contributed by atoms with van der Waals surface area (Å²) in [5.74, 6) is 0. The van der Waals surface area contributed by atoms with Crippen LogP contribution in [0.25, 0.3) is 10.8 Å². The zero-order valence-corrected chi connectivity index (χ0v) is 26.4. The fourth-order valence-corrected chi connectivity index (χ4v) is 4.20. The van der Waals surface area contributed by atoms with Crippen molar-refractivity contribution in [1.29, 1.82) is 0 Å². The molecule has 0 saturated heterocycles. The number of hydrogen-bond acceptors (Lipinski definition) is 12. The van der Waals surface area contributed by atoms with Crippen molar-refractivity contribution in [3.8, 4) is 0 Å². The molecule has 3 rings (SSSR count). The van der Waals surface area contributed by atoms with E-state index < -0.39 is 50.7 Å². The molecule has 0 aliphatic heterocycles. The van der Waals surface area contributed by atoms with E-state index >= 15 is 0 Å². The normalized spacial score (nSPS) is 12.0. The molecule has 0 unspecified atom stereocenters. The van der Waals surface area contributed by atoms with Gasteiger partial charge in [-0.25, -0.2) is 25.3 Å². The van der Waals surface area contributed by atoms with Gasteiger partial charge in [-0.15, -0.1) is 10.2 Å². The summed E-state index contributed by atoms with van der Waals surface area (Å²) >= 11 is 0. The van der Waals surface area contributed by atoms with Gasteiger partial charge in [0.15, 0.2) is 0 Å². The largest absolute Gasteiger partial charge is 1.00 e. The van der Waals surface area contributed by atoms with Crippen LogP contribution in [-0.2, 0) is 30.4 Å². The van der Waals surface area contributed by atoms with Crippen molar-refractivity contribution >= 4 is 58.2 Å². The topological polar surface area (TPSA) is 222 Å². The van der Waals surface area contributed by atoms with Crippen molar-refractivity contribution in [2.24, 2.45) is 10.2 Å². The summed E-state index contributed by atoms with van der Waals surface area (Å²) in [7, 11) is -14.8. The summed E-state index contributed by atoms with van der Waals surface area (Å²) in [4.78, 5) is -2.29. The monoisotopic (exact) mass is 553 g/mol. The van der Waals surface area contributed by atoms with Crippen LogP contribution >= 0.6 is 0 Å². The van der Waals surface area contributed by atoms with Crippen LogP contribution in [0.15, 0.2) is 73.4 Å². The summed E-state index contributed by atoms with van der Waals surface area (Å²) < 4.78 is 102. The molecule has 164 valence electrons. The zero-order chi connectivity index (χ0) is 23.2. The van der Waals surface area contributed by atoms with Crippen LogP contribution < -0.4 is 94.4 Å². The van der Waals surface area contributed by atoms with Crippen molar-refractivity contribution in [2.45, 2.75) is 14.7 Å². The van der Waals surface area contributed by atoms with Gasteiger partial charge >= 0.3 is 88.7 Å². The van der Waals surface area contributed by atoms with E-state index in [0.717, 1.165) is 12.1 Å². The molecule has 0 atom stereocenters. The Morgan fingerprint density at radius 2 is 1.09 bits per heavy atom. The van der Waals surface area contributed by atoms with Gasteiger partial charge in [0.2, 0.25) is 0 Å². The van der Waals surface area contributed by atoms with E-state index in [0.29, 0.717) is 18.2 Å². The van der Waals surface area contributed by atoms with Gasteiger partial charge in [0.05, 0.1) is 20.4 Å². The molecule has 0 aliphatic carbocycles. The van der Waals surface area contributed by atoms with Crippen molar-refractivity contribution in [1.82, 2.24) is 0 Å². The van der Waals surface area contributed by atoms with Crippen molar-refractivity contribution in [3.63, 3.8) is 0 Å². The molecule has 0 fully saturated rings. The van der Waals surface area contributed by atoms with Gasteiger partial charge in [0.1, 0.15) is 36.0 Å². The van der Waals surface area contributed by atoms with Crippen molar-refractivity contribution in [2.75, 3.05) is 5.73 Å². The Bertz CT molecular complexity index is 1580. The molecule has 12 nitrogen and oxygen atoms in total. The molecule has 0 radical (unpaired) electrons. The molecule has 2 N–H and O–H groups in total. The van der Waals surface area contributed by atoms with E-state index in [-0.39, 0.29) is 111 Å². The smallest absolute Gasteiger partial charge is 0.744 e. The van der Waals surface area contributed by atoms with E-state index in [2.05, 4.69) is 10.2 Å². The zero-order valence-electron chi connectivity index (χ0n) is 18.0. The Morgan fingerprint density at radius 1 is 0.588 bits per heavy atom. The Balaban J connectivity index is 0.00000363. The second-order valence-corrected chi connectivity index (χ2v) is 10.2. The van der Waals surface area contributed by atoms with Gasteiger partial charge in [-0.3, -0.25) is 0 Å². The van der Waals surface area contributed by atoms with Crippen LogP contribution in [0.3, 0.4) is 0 Å². The van der Waals surface area contributed by atoms with Crippen LogP contribution in [0.1, 0.15) is 0 Å². The fourth-order valence-electron chi connectivity index (χ4n) is 2.63. The van der Waals surface area contributed by atoms with Crippen LogP contribution in [0.2, 0.25) is 0 Å². The van der Waals surface area contributed by atoms with Crippen molar-refractivity contribution < 1.29 is 128 Å². The first kappa shape index (κ1) is 34.1. The number of nitrogens with two attached hydrogens (primary N) is 1. The number of azo groups is 1. The molecule has 3 aromatic carbocycles. The summed E-state index contributed by atoms with van der Waals surface area (Å²) in [6, 6.07) is 7.72. The van der Waals surface area contributed by atoms with Gasteiger partial charge in [0.25, 0.3) is 0 Å². The van der Waals surface area contributed by atoms with Crippen LogP contribution in [0.4, 0.5) is 17.1 Å². The van der Waals surface area contributed by atoms with E-state index in [1.165, 1.54) is 18.2 Å². The summed E-state index contributed by atoms with van der Waals surface area (Å²) in [5.41, 5.74) is 5.22. The maximum absolute atomic E-state index is 11.4. The Kier molecular flexibility index (Phi) is 12.5. The maximum atomic E-state index is 11.4. The minimum Gasteiger partial charge on any atom is -0.744 e. The molecule has 0 saturated carbocycles. The molecule has 0 aromatic heterocycles. The quantitative estimate of drug-likeness (QED) is 0.136. The third kappa shape index (κ3) is 8.03. The van der Waals surface area contributed by atoms with Gasteiger partial charge < -0.3 is 19.4 Å². The minimum absolute atomic E-state index is 0. The Morgan fingerprint density at radius 3 is 1.62 bits per heavy atom. The van der Waals surface area contributed by atoms with E-state index in [1.54, 1.807) is 0 Å². The molecular weight excluding hydrogens is 543 g/mol. The molecule has 0 aliphatic rings. The summed E-state index contributed by atoms with van der Waals surface area (Å²) in [6.45, 7) is 0. The van der Waals surface area contributed by atoms with E-state index in [9.17, 15) is 38.9 Å². The summed E-state index contributed by atoms with van der Waals surface area (Å²) in [6.07, 6.45) is 0. The molecular formula is C16H10N3Na3O9S3. The second-order valence-electron chi connectivity index (χ2n) is 6.07. The number of benzene rings is 3. The van der Waals surface area contributed by atoms with Crippen LogP contribution in [0, 0.1) is 0 Å². The van der Waals surface area contributed by atoms with Gasteiger partial charge in [-0.2, -0.15) is 0 Å². The van der Waals surface area contributed by atoms with Gasteiger partial charge in [-0.1, -0.05) is 6.07 Å². The first-order valence-electron chi connectivity index (χ1n) is 7.94. The molecule has 18 heteroatoms. The number of hydrogen-bond donors (Lipinski definition) is 1. The fraction of sp³-hybridized carbons (Fsp3) is 0. The van der Waals surface area contributed by atoms with E-state index in [4.69, 9.17) is 5.73 Å². The minimum atomic E-state index is -5.09. The average molecular weight is 553 g/mol. The number of anilines is 1. The molecule has 0 heterocycles. The molecule has 0 amide bonds. The first-order valence-corrected chi connectivity index (χ1v) is 12.2. The molecule has 0 spiro atoms.